The van der Waals surface area contributed by atoms with Crippen LogP contribution in [0.25, 0.3) is 0 Å². The molecule has 2 aromatic rings. The molecule has 0 saturated heterocycles. The highest BCUT2D eigenvalue weighted by Crippen LogP contribution is 2.37. The molecular weight excluding hydrogens is 345 g/mol. The van der Waals surface area contributed by atoms with Gasteiger partial charge in [-0.25, -0.2) is 13.2 Å². The Morgan fingerprint density at radius 1 is 1.04 bits per heavy atom. The van der Waals surface area contributed by atoms with E-state index in [1.54, 1.807) is 4.90 Å². The summed E-state index contributed by atoms with van der Waals surface area (Å²) in [5, 5.41) is 3.17. The summed E-state index contributed by atoms with van der Waals surface area (Å²) in [7, 11) is 0. The molecular formula is C19H15F3N2O2. The van der Waals surface area contributed by atoms with Gasteiger partial charge in [-0.15, -0.1) is 0 Å². The van der Waals surface area contributed by atoms with E-state index >= 15 is 0 Å². The molecule has 26 heavy (non-hydrogen) atoms. The maximum atomic E-state index is 13.8. The summed E-state index contributed by atoms with van der Waals surface area (Å²) in [6.45, 7) is 1.22. The number of hydrogen-bond donors (Lipinski definition) is 1. The van der Waals surface area contributed by atoms with Crippen molar-refractivity contribution in [2.45, 2.75) is 6.42 Å². The molecule has 4 nitrogen and oxygen atoms in total. The van der Waals surface area contributed by atoms with Gasteiger partial charge in [0.25, 0.3) is 0 Å². The molecule has 2 aliphatic heterocycles. The van der Waals surface area contributed by atoms with Gasteiger partial charge < -0.3 is 15.0 Å². The van der Waals surface area contributed by atoms with Gasteiger partial charge in [0.15, 0.2) is 23.2 Å². The number of carbonyl (C=O) groups is 1. The Labute approximate surface area is 147 Å². The van der Waals surface area contributed by atoms with Crippen LogP contribution in [0.15, 0.2) is 47.7 Å². The van der Waals surface area contributed by atoms with Crippen molar-refractivity contribution in [3.63, 3.8) is 0 Å². The summed E-state index contributed by atoms with van der Waals surface area (Å²) in [5.41, 5.74) is 1.75. The van der Waals surface area contributed by atoms with Gasteiger partial charge in [-0.05, 0) is 12.1 Å². The molecule has 0 aromatic heterocycles. The van der Waals surface area contributed by atoms with Crippen molar-refractivity contribution in [1.82, 2.24) is 5.32 Å². The minimum absolute atomic E-state index is 0.0523. The fourth-order valence-electron chi connectivity index (χ4n) is 3.20. The van der Waals surface area contributed by atoms with Crippen LogP contribution in [-0.2, 0) is 4.79 Å². The van der Waals surface area contributed by atoms with Crippen molar-refractivity contribution in [2.24, 2.45) is 0 Å². The maximum Gasteiger partial charge on any atom is 0.164 e. The minimum Gasteiger partial charge on any atom is -0.455 e. The Kier molecular flexibility index (Phi) is 4.06. The predicted octanol–water partition coefficient (Wildman–Crippen LogP) is 3.53. The number of rotatable bonds is 3. The monoisotopic (exact) mass is 360 g/mol. The molecule has 134 valence electrons. The first-order valence-electron chi connectivity index (χ1n) is 8.18. The van der Waals surface area contributed by atoms with E-state index < -0.39 is 17.5 Å². The van der Waals surface area contributed by atoms with Crippen LogP contribution in [0.5, 0.6) is 11.5 Å². The molecule has 0 aliphatic carbocycles. The lowest BCUT2D eigenvalue weighted by molar-refractivity contribution is -0.115. The van der Waals surface area contributed by atoms with Crippen LogP contribution < -0.4 is 15.0 Å². The highest BCUT2D eigenvalue weighted by molar-refractivity contribution is 5.99. The first-order chi connectivity index (χ1) is 12.5. The number of ether oxygens (including phenoxy) is 1. The van der Waals surface area contributed by atoms with E-state index in [4.69, 9.17) is 4.74 Å². The summed E-state index contributed by atoms with van der Waals surface area (Å²) in [5.74, 6) is -2.30. The van der Waals surface area contributed by atoms with Crippen LogP contribution in [0.3, 0.4) is 0 Å². The quantitative estimate of drug-likeness (QED) is 0.909. The van der Waals surface area contributed by atoms with Crippen molar-refractivity contribution in [1.29, 1.82) is 0 Å². The van der Waals surface area contributed by atoms with Crippen LogP contribution in [0.1, 0.15) is 6.42 Å². The maximum absolute atomic E-state index is 13.8. The Morgan fingerprint density at radius 3 is 2.62 bits per heavy atom. The van der Waals surface area contributed by atoms with Crippen molar-refractivity contribution in [3.05, 3.63) is 65.1 Å². The summed E-state index contributed by atoms with van der Waals surface area (Å²) in [6, 6.07) is 7.36. The lowest BCUT2D eigenvalue weighted by Crippen LogP contribution is -2.27. The zero-order valence-corrected chi connectivity index (χ0v) is 13.7. The van der Waals surface area contributed by atoms with Gasteiger partial charge in [-0.2, -0.15) is 0 Å². The van der Waals surface area contributed by atoms with E-state index in [2.05, 4.69) is 5.32 Å². The third kappa shape index (κ3) is 3.00. The van der Waals surface area contributed by atoms with Gasteiger partial charge in [0.1, 0.15) is 11.6 Å². The minimum atomic E-state index is -1.06. The number of anilines is 1. The SMILES string of the molecule is O=C1CCNC2=C1CN(c1cc(F)c(F)cc1Oc1cccc(F)c1)C2. The van der Waals surface area contributed by atoms with Crippen LogP contribution in [-0.4, -0.2) is 25.4 Å². The molecule has 0 unspecified atom stereocenters. The number of halogens is 3. The Balaban J connectivity index is 1.68. The number of nitrogens with one attached hydrogen (secondary N) is 1. The van der Waals surface area contributed by atoms with Crippen LogP contribution in [0, 0.1) is 17.5 Å². The van der Waals surface area contributed by atoms with Crippen molar-refractivity contribution < 1.29 is 22.7 Å². The first kappa shape index (κ1) is 16.5. The van der Waals surface area contributed by atoms with Gasteiger partial charge in [0.2, 0.25) is 0 Å². The fraction of sp³-hybridized carbons (Fsp3) is 0.211. The molecule has 0 radical (unpaired) electrons. The molecule has 2 heterocycles. The standard InChI is InChI=1S/C19H15F3N2O2/c20-11-2-1-3-12(6-11)26-19-8-15(22)14(21)7-17(19)24-9-13-16(10-24)23-5-4-18(13)25/h1-3,6-8,23H,4-5,9-10H2. The van der Waals surface area contributed by atoms with Crippen LogP contribution in [0.2, 0.25) is 0 Å². The zero-order chi connectivity index (χ0) is 18.3. The Bertz CT molecular complexity index is 927. The summed E-state index contributed by atoms with van der Waals surface area (Å²) < 4.78 is 46.6. The predicted molar refractivity (Wildman–Crippen MR) is 89.7 cm³/mol. The second-order valence-corrected chi connectivity index (χ2v) is 6.21. The number of Topliss-reactive ketones (excluding diaryl/α,β-unsaturated/α-hetero) is 1. The van der Waals surface area contributed by atoms with Gasteiger partial charge >= 0.3 is 0 Å². The smallest absolute Gasteiger partial charge is 0.164 e. The lowest BCUT2D eigenvalue weighted by Gasteiger charge is -2.22. The van der Waals surface area contributed by atoms with Crippen molar-refractivity contribution in [3.8, 4) is 11.5 Å². The molecule has 1 N–H and O–H groups in total. The Hall–Kier alpha value is -2.96. The molecule has 4 rings (SSSR count). The molecule has 0 bridgehead atoms. The van der Waals surface area contributed by atoms with E-state index in [1.807, 2.05) is 0 Å². The van der Waals surface area contributed by atoms with E-state index in [1.165, 1.54) is 18.2 Å². The molecule has 0 saturated carbocycles. The fourth-order valence-corrected chi connectivity index (χ4v) is 3.20. The summed E-state index contributed by atoms with van der Waals surface area (Å²) >= 11 is 0. The number of benzene rings is 2. The van der Waals surface area contributed by atoms with Gasteiger partial charge in [-0.1, -0.05) is 6.07 Å². The van der Waals surface area contributed by atoms with Crippen molar-refractivity contribution >= 4 is 11.5 Å². The highest BCUT2D eigenvalue weighted by Gasteiger charge is 2.31. The molecule has 0 atom stereocenters. The molecule has 0 fully saturated rings. The average Bonchev–Trinajstić information content (AvgIpc) is 3.03. The van der Waals surface area contributed by atoms with Crippen LogP contribution >= 0.6 is 0 Å². The van der Waals surface area contributed by atoms with Gasteiger partial charge in [0.05, 0.1) is 12.2 Å². The summed E-state index contributed by atoms with van der Waals surface area (Å²) in [6.07, 6.45) is 0.414. The second-order valence-electron chi connectivity index (χ2n) is 6.21. The third-order valence-electron chi connectivity index (χ3n) is 4.46. The number of ketones is 1. The normalized spacial score (nSPS) is 16.6. The molecule has 0 amide bonds. The van der Waals surface area contributed by atoms with E-state index in [9.17, 15) is 18.0 Å². The third-order valence-corrected chi connectivity index (χ3v) is 4.46. The highest BCUT2D eigenvalue weighted by atomic mass is 19.2. The van der Waals surface area contributed by atoms with E-state index in [0.29, 0.717) is 30.8 Å². The van der Waals surface area contributed by atoms with Crippen LogP contribution in [0.4, 0.5) is 18.9 Å². The second kappa shape index (κ2) is 6.40. The Morgan fingerprint density at radius 2 is 1.85 bits per heavy atom. The van der Waals surface area contributed by atoms with E-state index in [0.717, 1.165) is 23.9 Å². The van der Waals surface area contributed by atoms with Gasteiger partial charge in [0, 0.05) is 49.0 Å². The molecule has 0 spiro atoms. The first-order valence-corrected chi connectivity index (χ1v) is 8.18. The zero-order valence-electron chi connectivity index (χ0n) is 13.7. The molecule has 2 aromatic carbocycles. The lowest BCUT2D eigenvalue weighted by atomic mass is 10.1. The average molecular weight is 360 g/mol. The topological polar surface area (TPSA) is 41.6 Å². The van der Waals surface area contributed by atoms with Gasteiger partial charge in [-0.3, -0.25) is 4.79 Å². The largest absolute Gasteiger partial charge is 0.455 e. The van der Waals surface area contributed by atoms with Crippen molar-refractivity contribution in [2.75, 3.05) is 24.5 Å². The number of hydrogen-bond acceptors (Lipinski definition) is 4. The number of nitrogens with zero attached hydrogens (tertiary/aromatic N) is 1. The van der Waals surface area contributed by atoms with E-state index in [-0.39, 0.29) is 23.8 Å². The molecule has 2 aliphatic rings. The molecule has 7 heteroatoms. The summed E-state index contributed by atoms with van der Waals surface area (Å²) in [4.78, 5) is 13.8. The number of carbonyl (C=O) groups excluding carboxylic acids is 1.